The highest BCUT2D eigenvalue weighted by Gasteiger charge is 2.23. The summed E-state index contributed by atoms with van der Waals surface area (Å²) < 4.78 is 5.77. The number of aromatic nitrogens is 1. The lowest BCUT2D eigenvalue weighted by atomic mass is 10.2. The first-order chi connectivity index (χ1) is 13.6. The minimum Gasteiger partial charge on any atom is -0.372 e. The van der Waals surface area contributed by atoms with Crippen LogP contribution >= 0.6 is 0 Å². The number of rotatable bonds is 6. The Bertz CT molecular complexity index is 591. The zero-order chi connectivity index (χ0) is 19.8. The zero-order valence-corrected chi connectivity index (χ0v) is 17.3. The van der Waals surface area contributed by atoms with E-state index in [0.29, 0.717) is 12.2 Å². The molecule has 1 aromatic rings. The van der Waals surface area contributed by atoms with Crippen LogP contribution < -0.4 is 15.5 Å². The molecule has 7 nitrogen and oxygen atoms in total. The molecule has 0 aliphatic carbocycles. The number of amides is 2. The molecule has 2 N–H and O–H groups in total. The van der Waals surface area contributed by atoms with Gasteiger partial charge in [0, 0.05) is 19.6 Å². The van der Waals surface area contributed by atoms with Crippen LogP contribution in [0.1, 0.15) is 46.0 Å². The highest BCUT2D eigenvalue weighted by molar-refractivity contribution is 5.89. The summed E-state index contributed by atoms with van der Waals surface area (Å²) in [5, 5.41) is 5.81. The lowest BCUT2D eigenvalue weighted by Gasteiger charge is -2.36. The molecule has 0 unspecified atom stereocenters. The minimum atomic E-state index is -0.168. The van der Waals surface area contributed by atoms with Gasteiger partial charge in [0.15, 0.2) is 0 Å². The predicted octanol–water partition coefficient (Wildman–Crippen LogP) is 3.08. The largest absolute Gasteiger partial charge is 0.372 e. The maximum atomic E-state index is 12.1. The molecule has 2 fully saturated rings. The van der Waals surface area contributed by atoms with Crippen LogP contribution in [0.5, 0.6) is 0 Å². The second-order valence-corrected chi connectivity index (χ2v) is 8.06. The van der Waals surface area contributed by atoms with Gasteiger partial charge in [0.05, 0.1) is 24.1 Å². The van der Waals surface area contributed by atoms with Crippen LogP contribution in [0.4, 0.5) is 16.3 Å². The molecule has 28 heavy (non-hydrogen) atoms. The van der Waals surface area contributed by atoms with E-state index in [1.807, 2.05) is 12.1 Å². The SMILES string of the molecule is C[C@H]1CN(c2ccc(NC(=O)NCCCN3CCCCCC3)cn2)C[C@H](C)O1. The first-order valence-corrected chi connectivity index (χ1v) is 10.7. The molecule has 0 bridgehead atoms. The van der Waals surface area contributed by atoms with Crippen LogP contribution in [0.25, 0.3) is 0 Å². The molecule has 7 heteroatoms. The molecule has 2 amide bonds. The summed E-state index contributed by atoms with van der Waals surface area (Å²) in [6.07, 6.45) is 8.42. The van der Waals surface area contributed by atoms with Gasteiger partial charge >= 0.3 is 6.03 Å². The summed E-state index contributed by atoms with van der Waals surface area (Å²) in [5.41, 5.74) is 0.711. The standard InChI is InChI=1S/C21H35N5O2/c1-17-15-26(16-18(2)28-17)20-9-8-19(14-23-20)24-21(27)22-10-7-13-25-11-5-3-4-6-12-25/h8-9,14,17-18H,3-7,10-13,15-16H2,1-2H3,(H2,22,24,27)/t17-,18-/m0/s1. The fourth-order valence-corrected chi connectivity index (χ4v) is 4.05. The van der Waals surface area contributed by atoms with Crippen molar-refractivity contribution in [3.05, 3.63) is 18.3 Å². The minimum absolute atomic E-state index is 0.168. The van der Waals surface area contributed by atoms with Gasteiger partial charge in [-0.25, -0.2) is 9.78 Å². The second kappa shape index (κ2) is 10.6. The molecule has 3 heterocycles. The molecule has 0 radical (unpaired) electrons. The molecule has 2 aliphatic rings. The Balaban J connectivity index is 1.37. The van der Waals surface area contributed by atoms with E-state index in [9.17, 15) is 4.79 Å². The highest BCUT2D eigenvalue weighted by atomic mass is 16.5. The van der Waals surface area contributed by atoms with Gasteiger partial charge in [-0.2, -0.15) is 0 Å². The molecule has 2 atom stereocenters. The van der Waals surface area contributed by atoms with Crippen LogP contribution in [-0.2, 0) is 4.74 Å². The van der Waals surface area contributed by atoms with Crippen molar-refractivity contribution < 1.29 is 9.53 Å². The third-order valence-electron chi connectivity index (χ3n) is 5.38. The number of carbonyl (C=O) groups is 1. The van der Waals surface area contributed by atoms with Gasteiger partial charge in [-0.1, -0.05) is 12.8 Å². The number of pyridine rings is 1. The van der Waals surface area contributed by atoms with Crippen molar-refractivity contribution >= 4 is 17.5 Å². The number of urea groups is 1. The lowest BCUT2D eigenvalue weighted by molar-refractivity contribution is -0.00545. The number of carbonyl (C=O) groups excluding carboxylic acids is 1. The first kappa shape index (κ1) is 20.9. The van der Waals surface area contributed by atoms with Gasteiger partial charge in [-0.15, -0.1) is 0 Å². The molecular formula is C21H35N5O2. The molecule has 3 rings (SSSR count). The van der Waals surface area contributed by atoms with Crippen molar-refractivity contribution in [1.29, 1.82) is 0 Å². The van der Waals surface area contributed by atoms with Crippen LogP contribution in [0.3, 0.4) is 0 Å². The fourth-order valence-electron chi connectivity index (χ4n) is 4.05. The van der Waals surface area contributed by atoms with Gasteiger partial charge in [-0.3, -0.25) is 0 Å². The summed E-state index contributed by atoms with van der Waals surface area (Å²) in [7, 11) is 0. The van der Waals surface area contributed by atoms with E-state index in [1.165, 1.54) is 38.8 Å². The maximum absolute atomic E-state index is 12.1. The van der Waals surface area contributed by atoms with E-state index in [-0.39, 0.29) is 18.2 Å². The molecule has 0 aromatic carbocycles. The third kappa shape index (κ3) is 6.63. The number of nitrogens with one attached hydrogen (secondary N) is 2. The van der Waals surface area contributed by atoms with Gasteiger partial charge in [0.2, 0.25) is 0 Å². The Morgan fingerprint density at radius 2 is 1.86 bits per heavy atom. The summed E-state index contributed by atoms with van der Waals surface area (Å²) >= 11 is 0. The number of nitrogens with zero attached hydrogens (tertiary/aromatic N) is 3. The quantitative estimate of drug-likeness (QED) is 0.732. The molecule has 1 aromatic heterocycles. The van der Waals surface area contributed by atoms with Crippen LogP contribution in [0, 0.1) is 0 Å². The fraction of sp³-hybridized carbons (Fsp3) is 0.714. The third-order valence-corrected chi connectivity index (χ3v) is 5.38. The number of ether oxygens (including phenoxy) is 1. The monoisotopic (exact) mass is 389 g/mol. The van der Waals surface area contributed by atoms with Gasteiger partial charge in [-0.05, 0) is 64.9 Å². The van der Waals surface area contributed by atoms with E-state index >= 15 is 0 Å². The van der Waals surface area contributed by atoms with E-state index in [1.54, 1.807) is 6.20 Å². The first-order valence-electron chi connectivity index (χ1n) is 10.7. The van der Waals surface area contributed by atoms with Crippen molar-refractivity contribution in [2.24, 2.45) is 0 Å². The van der Waals surface area contributed by atoms with E-state index < -0.39 is 0 Å². The van der Waals surface area contributed by atoms with Crippen LogP contribution in [0.15, 0.2) is 18.3 Å². The summed E-state index contributed by atoms with van der Waals surface area (Å²) in [6, 6.07) is 3.70. The Morgan fingerprint density at radius 1 is 1.14 bits per heavy atom. The van der Waals surface area contributed by atoms with Gasteiger partial charge < -0.3 is 25.2 Å². The Hall–Kier alpha value is -1.86. The number of likely N-dealkylation sites (tertiary alicyclic amines) is 1. The smallest absolute Gasteiger partial charge is 0.319 e. The Labute approximate surface area is 168 Å². The van der Waals surface area contributed by atoms with E-state index in [2.05, 4.69) is 39.3 Å². The van der Waals surface area contributed by atoms with Gasteiger partial charge in [0.25, 0.3) is 0 Å². The Morgan fingerprint density at radius 3 is 2.50 bits per heavy atom. The summed E-state index contributed by atoms with van der Waals surface area (Å²) in [5.74, 6) is 0.922. The average molecular weight is 390 g/mol. The number of morpholine rings is 1. The summed E-state index contributed by atoms with van der Waals surface area (Å²) in [6.45, 7) is 9.98. The number of anilines is 2. The lowest BCUT2D eigenvalue weighted by Crippen LogP contribution is -2.45. The predicted molar refractivity (Wildman–Crippen MR) is 113 cm³/mol. The molecule has 2 aliphatic heterocycles. The van der Waals surface area contributed by atoms with Crippen LogP contribution in [-0.4, -0.2) is 67.4 Å². The summed E-state index contributed by atoms with van der Waals surface area (Å²) in [4.78, 5) is 21.4. The van der Waals surface area contributed by atoms with Gasteiger partial charge in [0.1, 0.15) is 5.82 Å². The number of hydrogen-bond acceptors (Lipinski definition) is 5. The van der Waals surface area contributed by atoms with Crippen molar-refractivity contribution in [2.75, 3.05) is 49.5 Å². The average Bonchev–Trinajstić information content (AvgIpc) is 2.94. The molecule has 2 saturated heterocycles. The second-order valence-electron chi connectivity index (χ2n) is 8.06. The van der Waals surface area contributed by atoms with Crippen molar-refractivity contribution in [1.82, 2.24) is 15.2 Å². The Kier molecular flexibility index (Phi) is 7.91. The van der Waals surface area contributed by atoms with Crippen LogP contribution in [0.2, 0.25) is 0 Å². The molecule has 0 spiro atoms. The van der Waals surface area contributed by atoms with Crippen molar-refractivity contribution in [3.63, 3.8) is 0 Å². The van der Waals surface area contributed by atoms with Crippen molar-refractivity contribution in [3.8, 4) is 0 Å². The zero-order valence-electron chi connectivity index (χ0n) is 17.3. The number of hydrogen-bond donors (Lipinski definition) is 2. The van der Waals surface area contributed by atoms with E-state index in [4.69, 9.17) is 4.74 Å². The van der Waals surface area contributed by atoms with E-state index in [0.717, 1.165) is 31.9 Å². The van der Waals surface area contributed by atoms with Crippen molar-refractivity contribution in [2.45, 2.75) is 58.2 Å². The highest BCUT2D eigenvalue weighted by Crippen LogP contribution is 2.19. The molecular weight excluding hydrogens is 354 g/mol. The maximum Gasteiger partial charge on any atom is 0.319 e. The topological polar surface area (TPSA) is 69.7 Å². The molecule has 0 saturated carbocycles. The normalized spacial score (nSPS) is 23.9. The molecule has 156 valence electrons.